The summed E-state index contributed by atoms with van der Waals surface area (Å²) >= 11 is 0. The number of likely N-dealkylation sites (tertiary alicyclic amines) is 1. The average Bonchev–Trinajstić information content (AvgIpc) is 3.56. The van der Waals surface area contributed by atoms with E-state index in [4.69, 9.17) is 9.47 Å². The van der Waals surface area contributed by atoms with Gasteiger partial charge in [-0.1, -0.05) is 32.4 Å². The Kier molecular flexibility index (Phi) is 10.1. The van der Waals surface area contributed by atoms with E-state index in [-0.39, 0.29) is 36.9 Å². The van der Waals surface area contributed by atoms with Crippen LogP contribution in [0, 0.1) is 11.8 Å². The number of aliphatic hydroxyl groups excluding tert-OH is 1. The number of carbonyl (C=O) groups is 3. The van der Waals surface area contributed by atoms with E-state index in [0.29, 0.717) is 43.9 Å². The van der Waals surface area contributed by atoms with Crippen LogP contribution in [0.1, 0.15) is 66.7 Å². The summed E-state index contributed by atoms with van der Waals surface area (Å²) in [5.41, 5.74) is -1.43. The maximum atomic E-state index is 14.6. The van der Waals surface area contributed by atoms with Gasteiger partial charge < -0.3 is 29.3 Å². The molecule has 1 aromatic carbocycles. The Morgan fingerprint density at radius 3 is 2.37 bits per heavy atom. The second kappa shape index (κ2) is 13.2. The standard InChI is InChI=1S/C34H49N3O6/c1-8-13-23(6)35(20-9-2)32(41)29-34-19-18-33(7,43-34)27(28(34)31(40)37(29)24(11-4)22-38)30(39)36(21-10-3)25-14-16-26(17-15-25)42-12-5/h9-10,14-17,23-24,27-29,38H,2-3,8,11-13,18-22H2,1,4-7H3/t23?,24-,27-,28-,29?,33+,34?/m0/s1. The zero-order chi connectivity index (χ0) is 31.5. The predicted molar refractivity (Wildman–Crippen MR) is 167 cm³/mol. The first-order valence-electron chi connectivity index (χ1n) is 15.8. The number of carbonyl (C=O) groups excluding carboxylic acids is 3. The van der Waals surface area contributed by atoms with Crippen molar-refractivity contribution in [1.29, 1.82) is 0 Å². The molecular weight excluding hydrogens is 546 g/mol. The highest BCUT2D eigenvalue weighted by Crippen LogP contribution is 2.64. The van der Waals surface area contributed by atoms with Gasteiger partial charge in [0.1, 0.15) is 17.4 Å². The number of nitrogens with zero attached hydrogens (tertiary/aromatic N) is 3. The van der Waals surface area contributed by atoms with Crippen molar-refractivity contribution in [2.24, 2.45) is 11.8 Å². The molecule has 1 aromatic rings. The van der Waals surface area contributed by atoms with Gasteiger partial charge in [-0.05, 0) is 70.7 Å². The van der Waals surface area contributed by atoms with Crippen LogP contribution in [0.5, 0.6) is 5.75 Å². The van der Waals surface area contributed by atoms with Crippen molar-refractivity contribution >= 4 is 23.4 Å². The van der Waals surface area contributed by atoms with Crippen LogP contribution in [-0.2, 0) is 19.1 Å². The monoisotopic (exact) mass is 595 g/mol. The molecule has 3 saturated heterocycles. The molecule has 9 nitrogen and oxygen atoms in total. The van der Waals surface area contributed by atoms with Gasteiger partial charge in [0.25, 0.3) is 0 Å². The number of hydrogen-bond donors (Lipinski definition) is 1. The van der Waals surface area contributed by atoms with Crippen molar-refractivity contribution in [3.8, 4) is 5.75 Å². The van der Waals surface area contributed by atoms with Gasteiger partial charge in [-0.3, -0.25) is 14.4 Å². The van der Waals surface area contributed by atoms with Crippen molar-refractivity contribution in [1.82, 2.24) is 9.80 Å². The fraction of sp³-hybridized carbons (Fsp3) is 0.618. The number of hydrogen-bond acceptors (Lipinski definition) is 6. The Hall–Kier alpha value is -3.17. The molecule has 0 radical (unpaired) electrons. The van der Waals surface area contributed by atoms with Crippen LogP contribution < -0.4 is 9.64 Å². The van der Waals surface area contributed by atoms with Crippen molar-refractivity contribution < 1.29 is 29.0 Å². The molecule has 0 aromatic heterocycles. The van der Waals surface area contributed by atoms with Crippen LogP contribution in [-0.4, -0.2) is 88.3 Å². The fourth-order valence-electron chi connectivity index (χ4n) is 7.69. The minimum atomic E-state index is -1.17. The van der Waals surface area contributed by atoms with E-state index < -0.39 is 35.1 Å². The highest BCUT2D eigenvalue weighted by molar-refractivity contribution is 6.03. The van der Waals surface area contributed by atoms with Crippen molar-refractivity contribution in [3.63, 3.8) is 0 Å². The summed E-state index contributed by atoms with van der Waals surface area (Å²) in [7, 11) is 0. The number of fused-ring (bicyclic) bond motifs is 1. The normalized spacial score (nSPS) is 28.7. The molecule has 1 spiro atoms. The lowest BCUT2D eigenvalue weighted by Gasteiger charge is -2.41. The summed E-state index contributed by atoms with van der Waals surface area (Å²) in [6.45, 7) is 18.4. The summed E-state index contributed by atoms with van der Waals surface area (Å²) in [6.07, 6.45) is 6.54. The third-order valence-corrected chi connectivity index (χ3v) is 9.67. The molecule has 2 bridgehead atoms. The summed E-state index contributed by atoms with van der Waals surface area (Å²) in [6, 6.07) is 5.70. The van der Waals surface area contributed by atoms with E-state index in [1.54, 1.807) is 26.9 Å². The molecule has 3 amide bonds. The summed E-state index contributed by atoms with van der Waals surface area (Å²) in [5, 5.41) is 10.4. The third-order valence-electron chi connectivity index (χ3n) is 9.67. The van der Waals surface area contributed by atoms with Gasteiger partial charge in [-0.15, -0.1) is 13.2 Å². The van der Waals surface area contributed by atoms with Gasteiger partial charge in [-0.25, -0.2) is 0 Å². The number of anilines is 1. The Labute approximate surface area is 256 Å². The molecule has 236 valence electrons. The largest absolute Gasteiger partial charge is 0.494 e. The average molecular weight is 596 g/mol. The molecule has 4 rings (SSSR count). The van der Waals surface area contributed by atoms with Gasteiger partial charge in [-0.2, -0.15) is 0 Å². The molecule has 0 saturated carbocycles. The highest BCUT2D eigenvalue weighted by Gasteiger charge is 2.79. The number of benzene rings is 1. The molecule has 3 aliphatic rings. The molecule has 3 fully saturated rings. The lowest BCUT2D eigenvalue weighted by atomic mass is 9.66. The Morgan fingerprint density at radius 1 is 1.14 bits per heavy atom. The van der Waals surface area contributed by atoms with E-state index >= 15 is 0 Å². The molecule has 43 heavy (non-hydrogen) atoms. The maximum Gasteiger partial charge on any atom is 0.248 e. The second-order valence-corrected chi connectivity index (χ2v) is 12.3. The summed E-state index contributed by atoms with van der Waals surface area (Å²) in [5.74, 6) is -1.71. The lowest BCUT2D eigenvalue weighted by molar-refractivity contribution is -0.156. The van der Waals surface area contributed by atoms with Crippen molar-refractivity contribution in [3.05, 3.63) is 49.6 Å². The van der Waals surface area contributed by atoms with Gasteiger partial charge in [0.05, 0.1) is 36.7 Å². The summed E-state index contributed by atoms with van der Waals surface area (Å²) in [4.78, 5) is 48.7. The predicted octanol–water partition coefficient (Wildman–Crippen LogP) is 4.34. The lowest BCUT2D eigenvalue weighted by Crippen LogP contribution is -2.60. The minimum absolute atomic E-state index is 0.0773. The van der Waals surface area contributed by atoms with Crippen LogP contribution >= 0.6 is 0 Å². The van der Waals surface area contributed by atoms with E-state index in [9.17, 15) is 19.5 Å². The smallest absolute Gasteiger partial charge is 0.248 e. The number of ether oxygens (including phenoxy) is 2. The Bertz CT molecular complexity index is 1200. The molecule has 7 atom stereocenters. The van der Waals surface area contributed by atoms with Gasteiger partial charge in [0.2, 0.25) is 17.7 Å². The topological polar surface area (TPSA) is 99.6 Å². The van der Waals surface area contributed by atoms with E-state index in [1.807, 2.05) is 52.0 Å². The third kappa shape index (κ3) is 5.50. The molecule has 1 N–H and O–H groups in total. The van der Waals surface area contributed by atoms with Gasteiger partial charge in [0, 0.05) is 24.8 Å². The first kappa shape index (κ1) is 32.7. The van der Waals surface area contributed by atoms with Crippen LogP contribution in [0.4, 0.5) is 5.69 Å². The Morgan fingerprint density at radius 2 is 1.81 bits per heavy atom. The van der Waals surface area contributed by atoms with Gasteiger partial charge in [0.15, 0.2) is 0 Å². The number of amides is 3. The first-order valence-corrected chi connectivity index (χ1v) is 15.8. The first-order chi connectivity index (χ1) is 20.6. The van der Waals surface area contributed by atoms with Gasteiger partial charge >= 0.3 is 0 Å². The zero-order valence-corrected chi connectivity index (χ0v) is 26.5. The molecule has 3 unspecified atom stereocenters. The molecule has 3 heterocycles. The maximum absolute atomic E-state index is 14.6. The number of rotatable bonds is 15. The summed E-state index contributed by atoms with van der Waals surface area (Å²) < 4.78 is 12.4. The SMILES string of the molecule is C=CCN(C(=O)[C@@H]1[C@H]2C(=O)N([C@@H](CC)CO)C(C(=O)N(CC=C)C(C)CCC)C23CC[C@@]1(C)O3)c1ccc(OCC)cc1. The Balaban J connectivity index is 1.80. The fourth-order valence-corrected chi connectivity index (χ4v) is 7.69. The van der Waals surface area contributed by atoms with E-state index in [0.717, 1.165) is 12.8 Å². The minimum Gasteiger partial charge on any atom is -0.494 e. The number of aliphatic hydroxyl groups is 1. The second-order valence-electron chi connectivity index (χ2n) is 12.3. The van der Waals surface area contributed by atoms with Crippen LogP contribution in [0.2, 0.25) is 0 Å². The van der Waals surface area contributed by atoms with E-state index in [2.05, 4.69) is 20.1 Å². The highest BCUT2D eigenvalue weighted by atomic mass is 16.5. The van der Waals surface area contributed by atoms with E-state index in [1.165, 1.54) is 0 Å². The molecule has 3 aliphatic heterocycles. The molecule has 0 aliphatic carbocycles. The van der Waals surface area contributed by atoms with Crippen LogP contribution in [0.3, 0.4) is 0 Å². The van der Waals surface area contributed by atoms with Crippen molar-refractivity contribution in [2.75, 3.05) is 31.2 Å². The zero-order valence-electron chi connectivity index (χ0n) is 26.5. The van der Waals surface area contributed by atoms with Crippen LogP contribution in [0.25, 0.3) is 0 Å². The van der Waals surface area contributed by atoms with Crippen molar-refractivity contribution in [2.45, 2.75) is 96.1 Å². The quantitative estimate of drug-likeness (QED) is 0.303. The molecule has 9 heteroatoms. The van der Waals surface area contributed by atoms with Crippen LogP contribution in [0.15, 0.2) is 49.6 Å². The molecular formula is C34H49N3O6.